The van der Waals surface area contributed by atoms with Crippen molar-refractivity contribution < 1.29 is 22.6 Å². The first-order valence-corrected chi connectivity index (χ1v) is 11.3. The molecule has 0 spiro atoms. The maximum atomic E-state index is 16.8. The van der Waals surface area contributed by atoms with E-state index < -0.39 is 22.3 Å². The Morgan fingerprint density at radius 1 is 1.43 bits per heavy atom. The number of amides is 3. The van der Waals surface area contributed by atoms with Gasteiger partial charge in [0, 0.05) is 33.6 Å². The summed E-state index contributed by atoms with van der Waals surface area (Å²) in [5, 5.41) is 0.0953. The van der Waals surface area contributed by atoms with E-state index in [-0.39, 0.29) is 44.7 Å². The number of allylic oxidation sites excluding steroid dienone is 1. The predicted octanol–water partition coefficient (Wildman–Crippen LogP) is 4.98. The lowest BCUT2D eigenvalue weighted by Gasteiger charge is -2.43. The highest BCUT2D eigenvalue weighted by atomic mass is 79.9. The Bertz CT molecular complexity index is 1040. The molecule has 0 fully saturated rings. The van der Waals surface area contributed by atoms with Crippen LogP contribution < -0.4 is 5.73 Å². The molecule has 1 atom stereocenters. The molecule has 1 aromatic rings. The first-order chi connectivity index (χ1) is 14.1. The van der Waals surface area contributed by atoms with Gasteiger partial charge in [-0.05, 0) is 60.0 Å². The molecular formula is C20H22BrF2N3O3S. The quantitative estimate of drug-likeness (QED) is 0.590. The van der Waals surface area contributed by atoms with Gasteiger partial charge in [0.15, 0.2) is 0 Å². The van der Waals surface area contributed by atoms with Gasteiger partial charge in [-0.25, -0.2) is 14.1 Å². The molecule has 2 aliphatic rings. The van der Waals surface area contributed by atoms with Crippen LogP contribution >= 0.6 is 26.3 Å². The first-order valence-electron chi connectivity index (χ1n) is 8.99. The Morgan fingerprint density at radius 2 is 2.10 bits per heavy atom. The van der Waals surface area contributed by atoms with Crippen LogP contribution in [0.15, 0.2) is 54.5 Å². The van der Waals surface area contributed by atoms with Crippen molar-refractivity contribution in [2.75, 3.05) is 13.7 Å². The van der Waals surface area contributed by atoms with Gasteiger partial charge < -0.3 is 10.5 Å². The van der Waals surface area contributed by atoms with Crippen LogP contribution in [-0.2, 0) is 16.1 Å². The highest BCUT2D eigenvalue weighted by Gasteiger charge is 2.52. The lowest BCUT2D eigenvalue weighted by Crippen LogP contribution is -2.45. The number of benzene rings is 1. The molecule has 3 rings (SSSR count). The number of rotatable bonds is 4. The molecule has 0 bridgehead atoms. The molecule has 0 aromatic heterocycles. The Kier molecular flexibility index (Phi) is 6.13. The van der Waals surface area contributed by atoms with E-state index in [1.807, 2.05) is 0 Å². The van der Waals surface area contributed by atoms with E-state index in [0.29, 0.717) is 21.6 Å². The molecular weight excluding hydrogens is 480 g/mol. The van der Waals surface area contributed by atoms with E-state index in [4.69, 9.17) is 10.5 Å². The number of ether oxygens (including phenoxy) is 1. The van der Waals surface area contributed by atoms with Crippen molar-refractivity contribution in [1.82, 2.24) is 9.80 Å². The summed E-state index contributed by atoms with van der Waals surface area (Å²) in [6.07, 6.45) is 0.278. The zero-order chi connectivity index (χ0) is 22.4. The van der Waals surface area contributed by atoms with E-state index in [9.17, 15) is 14.0 Å². The second-order valence-corrected chi connectivity index (χ2v) is 10.7. The molecule has 0 saturated carbocycles. The van der Waals surface area contributed by atoms with Gasteiger partial charge in [0.2, 0.25) is 6.41 Å². The molecule has 1 aromatic carbocycles. The van der Waals surface area contributed by atoms with Crippen molar-refractivity contribution in [3.63, 3.8) is 0 Å². The molecule has 0 radical (unpaired) electrons. The summed E-state index contributed by atoms with van der Waals surface area (Å²) in [7, 11) is -1.97. The van der Waals surface area contributed by atoms with Crippen LogP contribution in [0, 0.1) is 5.82 Å². The van der Waals surface area contributed by atoms with Gasteiger partial charge in [-0.2, -0.15) is 3.89 Å². The number of urea groups is 1. The largest absolute Gasteiger partial charge is 0.385 e. The standard InChI is InChI=1S/C20H22BrF2N3O3S/c1-11(2)18(24)26(10-27)20(28)25-8-13-15(22)6-5-7-16(13)30(23)17(21)14(9-29-4)12(3)19(25)30/h5-7,10H,8-9,24H2,1-4H3. The van der Waals surface area contributed by atoms with Crippen LogP contribution in [0.25, 0.3) is 0 Å². The van der Waals surface area contributed by atoms with E-state index in [1.165, 1.54) is 25.3 Å². The topological polar surface area (TPSA) is 75.9 Å². The highest BCUT2D eigenvalue weighted by molar-refractivity contribution is 9.14. The fourth-order valence-electron chi connectivity index (χ4n) is 3.52. The van der Waals surface area contributed by atoms with Gasteiger partial charge in [0.25, 0.3) is 0 Å². The van der Waals surface area contributed by atoms with Gasteiger partial charge in [-0.1, -0.05) is 6.07 Å². The zero-order valence-corrected chi connectivity index (χ0v) is 19.4. The summed E-state index contributed by atoms with van der Waals surface area (Å²) < 4.78 is 37.0. The van der Waals surface area contributed by atoms with Crippen LogP contribution in [0.2, 0.25) is 0 Å². The molecule has 30 heavy (non-hydrogen) atoms. The summed E-state index contributed by atoms with van der Waals surface area (Å²) >= 11 is 3.36. The van der Waals surface area contributed by atoms with Gasteiger partial charge in [0.05, 0.1) is 17.0 Å². The predicted molar refractivity (Wildman–Crippen MR) is 115 cm³/mol. The summed E-state index contributed by atoms with van der Waals surface area (Å²) in [6.45, 7) is 4.84. The number of methoxy groups -OCH3 is 1. The minimum atomic E-state index is -3.45. The number of imide groups is 1. The number of hydrogen-bond donors (Lipinski definition) is 1. The Labute approximate surface area is 183 Å². The molecule has 2 N–H and O–H groups in total. The summed E-state index contributed by atoms with van der Waals surface area (Å²) in [5.74, 6) is -0.686. The number of carbonyl (C=O) groups is 2. The van der Waals surface area contributed by atoms with Gasteiger partial charge >= 0.3 is 6.03 Å². The van der Waals surface area contributed by atoms with Crippen LogP contribution in [-0.4, -0.2) is 36.0 Å². The Morgan fingerprint density at radius 3 is 2.67 bits per heavy atom. The van der Waals surface area contributed by atoms with Crippen molar-refractivity contribution in [1.29, 1.82) is 0 Å². The normalized spacial score (nSPS) is 22.3. The summed E-state index contributed by atoms with van der Waals surface area (Å²) in [6, 6.07) is 3.35. The lowest BCUT2D eigenvalue weighted by molar-refractivity contribution is -0.114. The number of hydrogen-bond acceptors (Lipinski definition) is 4. The average molecular weight is 502 g/mol. The maximum absolute atomic E-state index is 16.8. The fraction of sp³-hybridized carbons (Fsp3) is 0.300. The van der Waals surface area contributed by atoms with Crippen LogP contribution in [0.5, 0.6) is 0 Å². The fourth-order valence-corrected chi connectivity index (χ4v) is 7.80. The van der Waals surface area contributed by atoms with Crippen LogP contribution in [0.4, 0.5) is 13.1 Å². The van der Waals surface area contributed by atoms with Crippen LogP contribution in [0.3, 0.4) is 0 Å². The molecule has 3 amide bonds. The first kappa shape index (κ1) is 22.5. The van der Waals surface area contributed by atoms with E-state index in [0.717, 1.165) is 4.90 Å². The molecule has 10 heteroatoms. The Balaban J connectivity index is 2.27. The molecule has 0 aliphatic carbocycles. The summed E-state index contributed by atoms with van der Waals surface area (Å²) in [4.78, 5) is 27.0. The second kappa shape index (κ2) is 8.16. The van der Waals surface area contributed by atoms with Crippen molar-refractivity contribution in [3.8, 4) is 0 Å². The summed E-state index contributed by atoms with van der Waals surface area (Å²) in [5.41, 5.74) is 7.58. The van der Waals surface area contributed by atoms with Crippen molar-refractivity contribution in [2.24, 2.45) is 5.73 Å². The van der Waals surface area contributed by atoms with Gasteiger partial charge in [-0.15, -0.1) is 0 Å². The minimum Gasteiger partial charge on any atom is -0.385 e. The molecule has 2 heterocycles. The number of fused-ring (bicyclic) bond motifs is 3. The third kappa shape index (κ3) is 3.17. The van der Waals surface area contributed by atoms with Gasteiger partial charge in [0.1, 0.15) is 16.7 Å². The third-order valence-corrected chi connectivity index (χ3v) is 9.67. The molecule has 2 aliphatic heterocycles. The Hall–Kier alpha value is -2.17. The van der Waals surface area contributed by atoms with E-state index >= 15 is 3.89 Å². The molecule has 162 valence electrons. The molecule has 6 nitrogen and oxygen atoms in total. The third-order valence-electron chi connectivity index (χ3n) is 5.07. The van der Waals surface area contributed by atoms with E-state index in [2.05, 4.69) is 15.9 Å². The zero-order valence-electron chi connectivity index (χ0n) is 17.0. The molecule has 1 unspecified atom stereocenters. The number of nitrogens with zero attached hydrogens (tertiary/aromatic N) is 2. The molecule has 0 saturated heterocycles. The van der Waals surface area contributed by atoms with Crippen LogP contribution in [0.1, 0.15) is 26.3 Å². The number of nitrogens with two attached hydrogens (primary N) is 1. The second-order valence-electron chi connectivity index (χ2n) is 7.10. The minimum absolute atomic E-state index is 0.0609. The number of halogens is 3. The SMILES string of the molecule is COCC1=C(Br)S2(F)C(=C1C)N(C(=O)N(C=O)C(N)=C(C)C)Cc1c(F)cccc12. The highest BCUT2D eigenvalue weighted by Crippen LogP contribution is 2.79. The monoisotopic (exact) mass is 501 g/mol. The van der Waals surface area contributed by atoms with Crippen molar-refractivity contribution in [3.05, 3.63) is 61.0 Å². The average Bonchev–Trinajstić information content (AvgIpc) is 2.90. The van der Waals surface area contributed by atoms with Gasteiger partial charge in [-0.3, -0.25) is 9.69 Å². The van der Waals surface area contributed by atoms with E-state index in [1.54, 1.807) is 20.8 Å². The number of carbonyl (C=O) groups excluding carboxylic acids is 2. The smallest absolute Gasteiger partial charge is 0.337 e. The van der Waals surface area contributed by atoms with Crippen molar-refractivity contribution in [2.45, 2.75) is 32.2 Å². The van der Waals surface area contributed by atoms with Crippen molar-refractivity contribution >= 4 is 38.8 Å². The maximum Gasteiger partial charge on any atom is 0.337 e. The lowest BCUT2D eigenvalue weighted by atomic mass is 10.1.